The number of para-hydroxylation sites is 1. The van der Waals surface area contributed by atoms with Crippen molar-refractivity contribution >= 4 is 64.4 Å². The minimum atomic E-state index is -0.930. The van der Waals surface area contributed by atoms with Crippen LogP contribution in [0.15, 0.2) is 66.2 Å². The summed E-state index contributed by atoms with van der Waals surface area (Å²) in [4.78, 5) is 52.2. The highest BCUT2D eigenvalue weighted by molar-refractivity contribution is 6.39. The van der Waals surface area contributed by atoms with Gasteiger partial charge in [-0.05, 0) is 55.0 Å². The highest BCUT2D eigenvalue weighted by Gasteiger charge is 2.37. The molecule has 1 saturated heterocycles. The molecule has 1 aliphatic heterocycles. The molecule has 5 amide bonds. The van der Waals surface area contributed by atoms with Crippen LogP contribution in [0.3, 0.4) is 0 Å². The molecule has 0 aromatic heterocycles. The summed E-state index contributed by atoms with van der Waals surface area (Å²) in [6, 6.07) is 14.8. The number of urea groups is 1. The number of barbiturate groups is 1. The van der Waals surface area contributed by atoms with Crippen LogP contribution in [0.25, 0.3) is 6.08 Å². The second-order valence-electron chi connectivity index (χ2n) is 8.64. The smallest absolute Gasteiger partial charge is 0.335 e. The van der Waals surface area contributed by atoms with Gasteiger partial charge in [-0.25, -0.2) is 9.69 Å². The number of ether oxygens (including phenoxy) is 3. The van der Waals surface area contributed by atoms with Crippen molar-refractivity contribution < 1.29 is 33.4 Å². The lowest BCUT2D eigenvalue weighted by Gasteiger charge is -2.27. The molecular formula is C29H25Cl2N3O7. The Labute approximate surface area is 245 Å². The van der Waals surface area contributed by atoms with Crippen LogP contribution in [0.1, 0.15) is 18.9 Å². The molecule has 41 heavy (non-hydrogen) atoms. The molecule has 0 atom stereocenters. The molecule has 0 bridgehead atoms. The van der Waals surface area contributed by atoms with Gasteiger partial charge in [-0.15, -0.1) is 0 Å². The number of nitrogens with zero attached hydrogens (tertiary/aromatic N) is 1. The number of imide groups is 2. The van der Waals surface area contributed by atoms with Crippen LogP contribution in [-0.2, 0) is 14.4 Å². The average molecular weight is 598 g/mol. The number of amides is 5. The van der Waals surface area contributed by atoms with Gasteiger partial charge in [0, 0.05) is 16.7 Å². The summed E-state index contributed by atoms with van der Waals surface area (Å²) in [7, 11) is 1.43. The van der Waals surface area contributed by atoms with Crippen LogP contribution < -0.4 is 29.7 Å². The Hall–Kier alpha value is -4.54. The van der Waals surface area contributed by atoms with E-state index < -0.39 is 30.4 Å². The van der Waals surface area contributed by atoms with E-state index in [0.29, 0.717) is 28.8 Å². The predicted octanol–water partition coefficient (Wildman–Crippen LogP) is 5.47. The number of hydrogen-bond acceptors (Lipinski definition) is 7. The van der Waals surface area contributed by atoms with Crippen molar-refractivity contribution in [3.8, 4) is 17.2 Å². The highest BCUT2D eigenvalue weighted by Crippen LogP contribution is 2.34. The third-order valence-corrected chi connectivity index (χ3v) is 6.31. The van der Waals surface area contributed by atoms with Crippen LogP contribution in [-0.4, -0.2) is 44.1 Å². The van der Waals surface area contributed by atoms with Gasteiger partial charge >= 0.3 is 6.03 Å². The molecule has 2 N–H and O–H groups in total. The number of anilines is 2. The van der Waals surface area contributed by atoms with Crippen molar-refractivity contribution in [2.75, 3.05) is 30.5 Å². The van der Waals surface area contributed by atoms with Crippen LogP contribution >= 0.6 is 23.2 Å². The van der Waals surface area contributed by atoms with Crippen molar-refractivity contribution in [3.63, 3.8) is 0 Å². The van der Waals surface area contributed by atoms with E-state index in [-0.39, 0.29) is 27.6 Å². The van der Waals surface area contributed by atoms with Gasteiger partial charge in [0.2, 0.25) is 0 Å². The van der Waals surface area contributed by atoms with Gasteiger partial charge < -0.3 is 19.5 Å². The van der Waals surface area contributed by atoms with Crippen LogP contribution in [0.4, 0.5) is 16.2 Å². The van der Waals surface area contributed by atoms with E-state index in [2.05, 4.69) is 10.6 Å². The Kier molecular flexibility index (Phi) is 9.49. The number of carbonyl (C=O) groups excluding carboxylic acids is 4. The van der Waals surface area contributed by atoms with E-state index in [1.165, 1.54) is 43.5 Å². The number of benzene rings is 3. The first-order valence-corrected chi connectivity index (χ1v) is 13.2. The second kappa shape index (κ2) is 13.2. The van der Waals surface area contributed by atoms with Crippen LogP contribution in [0.2, 0.25) is 10.0 Å². The quantitative estimate of drug-likeness (QED) is 0.234. The summed E-state index contributed by atoms with van der Waals surface area (Å²) in [6.45, 7) is 2.00. The zero-order chi connectivity index (χ0) is 29.5. The fraction of sp³-hybridized carbons (Fsp3) is 0.172. The maximum Gasteiger partial charge on any atom is 0.335 e. The summed E-state index contributed by atoms with van der Waals surface area (Å²) in [6.07, 6.45) is 2.01. The van der Waals surface area contributed by atoms with E-state index in [1.54, 1.807) is 30.3 Å². The molecule has 0 unspecified atom stereocenters. The zero-order valence-electron chi connectivity index (χ0n) is 22.0. The maximum atomic E-state index is 13.5. The van der Waals surface area contributed by atoms with Crippen molar-refractivity contribution in [1.82, 2.24) is 5.32 Å². The van der Waals surface area contributed by atoms with Gasteiger partial charge in [0.1, 0.15) is 11.3 Å². The molecule has 0 aliphatic carbocycles. The lowest BCUT2D eigenvalue weighted by atomic mass is 10.1. The van der Waals surface area contributed by atoms with E-state index in [9.17, 15) is 19.2 Å². The molecule has 0 radical (unpaired) electrons. The van der Waals surface area contributed by atoms with Gasteiger partial charge in [0.15, 0.2) is 18.1 Å². The molecular weight excluding hydrogens is 573 g/mol. The number of rotatable bonds is 10. The topological polar surface area (TPSA) is 123 Å². The standard InChI is InChI=1S/C29H25Cl2N3O7/c1-3-12-40-24-11-9-19(15-25(24)39-2)34-28(37)20(27(36)33-29(34)38)14-17-13-18(30)8-10-23(17)41-16-26(35)32-22-7-5-4-6-21(22)31/h4-11,13-15H,3,12,16H2,1-2H3,(H,32,35)(H,33,36,38)/b20-14-. The minimum Gasteiger partial charge on any atom is -0.493 e. The molecule has 10 nitrogen and oxygen atoms in total. The summed E-state index contributed by atoms with van der Waals surface area (Å²) < 4.78 is 16.7. The van der Waals surface area contributed by atoms with Crippen molar-refractivity contribution in [2.45, 2.75) is 13.3 Å². The molecule has 0 saturated carbocycles. The summed E-state index contributed by atoms with van der Waals surface area (Å²) >= 11 is 12.3. The minimum absolute atomic E-state index is 0.158. The van der Waals surface area contributed by atoms with E-state index >= 15 is 0 Å². The first-order valence-electron chi connectivity index (χ1n) is 12.4. The Morgan fingerprint density at radius 1 is 0.976 bits per heavy atom. The molecule has 0 spiro atoms. The van der Waals surface area contributed by atoms with Crippen molar-refractivity contribution in [2.24, 2.45) is 0 Å². The van der Waals surface area contributed by atoms with Crippen LogP contribution in [0, 0.1) is 0 Å². The third-order valence-electron chi connectivity index (χ3n) is 5.75. The Morgan fingerprint density at radius 3 is 2.46 bits per heavy atom. The van der Waals surface area contributed by atoms with Crippen molar-refractivity contribution in [3.05, 3.63) is 81.8 Å². The molecule has 3 aromatic rings. The summed E-state index contributed by atoms with van der Waals surface area (Å²) in [5, 5.41) is 5.46. The average Bonchev–Trinajstić information content (AvgIpc) is 2.95. The molecule has 212 valence electrons. The molecule has 12 heteroatoms. The highest BCUT2D eigenvalue weighted by atomic mass is 35.5. The summed E-state index contributed by atoms with van der Waals surface area (Å²) in [5.74, 6) is -1.37. The number of carbonyl (C=O) groups is 4. The maximum absolute atomic E-state index is 13.5. The zero-order valence-corrected chi connectivity index (χ0v) is 23.5. The van der Waals surface area contributed by atoms with Gasteiger partial charge in [-0.2, -0.15) is 0 Å². The fourth-order valence-electron chi connectivity index (χ4n) is 3.83. The largest absolute Gasteiger partial charge is 0.493 e. The van der Waals surface area contributed by atoms with E-state index in [0.717, 1.165) is 11.3 Å². The van der Waals surface area contributed by atoms with Gasteiger partial charge in [0.05, 0.1) is 30.1 Å². The van der Waals surface area contributed by atoms with Gasteiger partial charge in [-0.1, -0.05) is 42.3 Å². The predicted molar refractivity (Wildman–Crippen MR) is 155 cm³/mol. The number of methoxy groups -OCH3 is 1. The monoisotopic (exact) mass is 597 g/mol. The molecule has 1 heterocycles. The number of nitrogens with one attached hydrogen (secondary N) is 2. The number of halogens is 2. The Balaban J connectivity index is 1.59. The molecule has 4 rings (SSSR count). The fourth-order valence-corrected chi connectivity index (χ4v) is 4.19. The number of hydrogen-bond donors (Lipinski definition) is 2. The van der Waals surface area contributed by atoms with E-state index in [1.807, 2.05) is 6.92 Å². The lowest BCUT2D eigenvalue weighted by molar-refractivity contribution is -0.122. The summed E-state index contributed by atoms with van der Waals surface area (Å²) in [5.41, 5.74) is 0.446. The van der Waals surface area contributed by atoms with Crippen molar-refractivity contribution in [1.29, 1.82) is 0 Å². The van der Waals surface area contributed by atoms with Gasteiger partial charge in [0.25, 0.3) is 17.7 Å². The first kappa shape index (κ1) is 29.4. The normalized spacial score (nSPS) is 14.1. The second-order valence-corrected chi connectivity index (χ2v) is 9.48. The SMILES string of the molecule is CCCOc1ccc(N2C(=O)NC(=O)/C(=C/c3cc(Cl)ccc3OCC(=O)Nc3ccccc3Cl)C2=O)cc1OC. The molecule has 1 fully saturated rings. The van der Waals surface area contributed by atoms with Crippen LogP contribution in [0.5, 0.6) is 17.2 Å². The first-order chi connectivity index (χ1) is 19.7. The lowest BCUT2D eigenvalue weighted by Crippen LogP contribution is -2.54. The Bertz CT molecular complexity index is 1540. The van der Waals surface area contributed by atoms with Gasteiger partial charge in [-0.3, -0.25) is 19.7 Å². The molecule has 3 aromatic carbocycles. The third kappa shape index (κ3) is 6.97. The Morgan fingerprint density at radius 2 is 1.73 bits per heavy atom. The van der Waals surface area contributed by atoms with E-state index in [4.69, 9.17) is 37.4 Å². The molecule has 1 aliphatic rings.